The minimum Gasteiger partial charge on any atom is -0.496 e. The lowest BCUT2D eigenvalue weighted by atomic mass is 9.81. The Morgan fingerprint density at radius 3 is 2.67 bits per heavy atom. The van der Waals surface area contributed by atoms with E-state index in [1.807, 2.05) is 4.40 Å². The van der Waals surface area contributed by atoms with Crippen molar-refractivity contribution in [3.63, 3.8) is 0 Å². The zero-order valence-electron chi connectivity index (χ0n) is 21.3. The average molecular weight is 555 g/mol. The van der Waals surface area contributed by atoms with E-state index in [9.17, 15) is 27.9 Å². The summed E-state index contributed by atoms with van der Waals surface area (Å²) in [6.07, 6.45) is 2.22. The minimum absolute atomic E-state index is 0.117. The number of methoxy groups -OCH3 is 1. The van der Waals surface area contributed by atoms with Crippen LogP contribution in [0.15, 0.2) is 48.9 Å². The monoisotopic (exact) mass is 554 g/mol. The number of pyridine rings is 1. The molecule has 0 unspecified atom stereocenters. The molecule has 1 amide bonds. The molecule has 2 atom stereocenters. The van der Waals surface area contributed by atoms with Gasteiger partial charge < -0.3 is 20.9 Å². The van der Waals surface area contributed by atoms with Crippen LogP contribution >= 0.6 is 0 Å². The number of carbonyl (C=O) groups is 2. The van der Waals surface area contributed by atoms with Gasteiger partial charge in [-0.2, -0.15) is 13.2 Å². The maximum absolute atomic E-state index is 13.0. The number of nitrogens with zero attached hydrogens (tertiary/aromatic N) is 4. The Balaban J connectivity index is 1.51. The Hall–Kier alpha value is -4.68. The first-order valence-electron chi connectivity index (χ1n) is 12.4. The topological polar surface area (TPSA) is 145 Å². The summed E-state index contributed by atoms with van der Waals surface area (Å²) in [5.74, 6) is -1.21. The van der Waals surface area contributed by atoms with Crippen LogP contribution in [0.25, 0.3) is 16.8 Å². The molecule has 10 nitrogen and oxygen atoms in total. The predicted octanol–water partition coefficient (Wildman–Crippen LogP) is 5.01. The van der Waals surface area contributed by atoms with Crippen LogP contribution in [0.2, 0.25) is 0 Å². The number of amides is 1. The van der Waals surface area contributed by atoms with E-state index < -0.39 is 29.5 Å². The first-order chi connectivity index (χ1) is 19.1. The quantitative estimate of drug-likeness (QED) is 0.302. The number of fused-ring (bicyclic) bond motifs is 1. The Morgan fingerprint density at radius 1 is 1.15 bits per heavy atom. The van der Waals surface area contributed by atoms with E-state index in [2.05, 4.69) is 15.3 Å². The summed E-state index contributed by atoms with van der Waals surface area (Å²) >= 11 is 0. The summed E-state index contributed by atoms with van der Waals surface area (Å²) in [7, 11) is 1.41. The number of hydrogen-bond donors (Lipinski definition) is 3. The third kappa shape index (κ3) is 5.14. The average Bonchev–Trinajstić information content (AvgIpc) is 3.33. The van der Waals surface area contributed by atoms with Gasteiger partial charge >= 0.3 is 12.1 Å². The molecule has 0 radical (unpaired) electrons. The summed E-state index contributed by atoms with van der Waals surface area (Å²) in [6, 6.07) is 6.09. The number of aromatic nitrogens is 4. The Bertz CT molecular complexity index is 1600. The Morgan fingerprint density at radius 2 is 1.95 bits per heavy atom. The third-order valence-corrected chi connectivity index (χ3v) is 7.05. The van der Waals surface area contributed by atoms with Crippen molar-refractivity contribution >= 4 is 29.0 Å². The molecule has 40 heavy (non-hydrogen) atoms. The van der Waals surface area contributed by atoms with Gasteiger partial charge in [-0.1, -0.05) is 6.42 Å². The zero-order valence-corrected chi connectivity index (χ0v) is 21.3. The minimum atomic E-state index is -4.58. The van der Waals surface area contributed by atoms with Crippen LogP contribution in [-0.2, 0) is 11.0 Å². The molecule has 1 aliphatic carbocycles. The number of nitrogen functional groups attached to an aromatic ring is 1. The van der Waals surface area contributed by atoms with Gasteiger partial charge in [-0.25, -0.2) is 15.0 Å². The highest BCUT2D eigenvalue weighted by Crippen LogP contribution is 2.41. The van der Waals surface area contributed by atoms with Crippen molar-refractivity contribution in [2.75, 3.05) is 18.2 Å². The van der Waals surface area contributed by atoms with Gasteiger partial charge in [0.25, 0.3) is 5.91 Å². The molecule has 5 rings (SSSR count). The fraction of sp³-hybridized carbons (Fsp3) is 0.296. The van der Waals surface area contributed by atoms with Crippen molar-refractivity contribution in [1.29, 1.82) is 0 Å². The molecule has 13 heteroatoms. The highest BCUT2D eigenvalue weighted by molar-refractivity contribution is 6.04. The molecule has 1 saturated carbocycles. The second-order valence-corrected chi connectivity index (χ2v) is 9.55. The van der Waals surface area contributed by atoms with Crippen LogP contribution < -0.4 is 15.8 Å². The number of rotatable bonds is 6. The van der Waals surface area contributed by atoms with Crippen molar-refractivity contribution in [3.05, 3.63) is 65.9 Å². The third-order valence-electron chi connectivity index (χ3n) is 7.05. The number of nitrogens with one attached hydrogen (secondary N) is 1. The van der Waals surface area contributed by atoms with Gasteiger partial charge in [0.15, 0.2) is 0 Å². The highest BCUT2D eigenvalue weighted by Gasteiger charge is 2.32. The molecule has 1 aliphatic rings. The molecule has 3 heterocycles. The van der Waals surface area contributed by atoms with Crippen LogP contribution in [0.5, 0.6) is 5.75 Å². The molecule has 0 spiro atoms. The number of nitrogens with two attached hydrogens (primary N) is 1. The van der Waals surface area contributed by atoms with Gasteiger partial charge in [0.2, 0.25) is 0 Å². The first-order valence-corrected chi connectivity index (χ1v) is 12.4. The van der Waals surface area contributed by atoms with Crippen molar-refractivity contribution in [3.8, 4) is 17.0 Å². The summed E-state index contributed by atoms with van der Waals surface area (Å²) in [6.45, 7) is 0. The van der Waals surface area contributed by atoms with Crippen LogP contribution in [0, 0.1) is 5.92 Å². The van der Waals surface area contributed by atoms with Crippen LogP contribution in [-0.4, -0.2) is 43.4 Å². The van der Waals surface area contributed by atoms with Gasteiger partial charge in [0.1, 0.15) is 34.4 Å². The van der Waals surface area contributed by atoms with E-state index in [4.69, 9.17) is 15.5 Å². The zero-order chi connectivity index (χ0) is 28.6. The molecule has 0 aliphatic heterocycles. The lowest BCUT2D eigenvalue weighted by molar-refractivity contribution is -0.143. The summed E-state index contributed by atoms with van der Waals surface area (Å²) in [5, 5.41) is 11.9. The smallest absolute Gasteiger partial charge is 0.416 e. The van der Waals surface area contributed by atoms with E-state index in [0.717, 1.165) is 31.2 Å². The molecule has 0 saturated heterocycles. The van der Waals surface area contributed by atoms with Crippen molar-refractivity contribution in [2.24, 2.45) is 5.92 Å². The Labute approximate surface area is 226 Å². The lowest BCUT2D eigenvalue weighted by Crippen LogP contribution is -2.22. The van der Waals surface area contributed by atoms with E-state index in [-0.39, 0.29) is 28.9 Å². The van der Waals surface area contributed by atoms with Gasteiger partial charge in [0.05, 0.1) is 18.6 Å². The number of halogens is 3. The number of alkyl halides is 3. The summed E-state index contributed by atoms with van der Waals surface area (Å²) < 4.78 is 46.5. The highest BCUT2D eigenvalue weighted by atomic mass is 19.4. The van der Waals surface area contributed by atoms with Crippen LogP contribution in [0.4, 0.5) is 24.8 Å². The fourth-order valence-corrected chi connectivity index (χ4v) is 5.10. The molecule has 1 fully saturated rings. The van der Waals surface area contributed by atoms with Crippen LogP contribution in [0.3, 0.4) is 0 Å². The van der Waals surface area contributed by atoms with Gasteiger partial charge in [-0.3, -0.25) is 14.0 Å². The largest absolute Gasteiger partial charge is 0.496 e. The maximum atomic E-state index is 13.0. The van der Waals surface area contributed by atoms with E-state index >= 15 is 0 Å². The fourth-order valence-electron chi connectivity index (χ4n) is 5.10. The number of ether oxygens (including phenoxy) is 1. The predicted molar refractivity (Wildman–Crippen MR) is 139 cm³/mol. The number of hydrogen-bond acceptors (Lipinski definition) is 7. The lowest BCUT2D eigenvalue weighted by Gasteiger charge is -2.25. The van der Waals surface area contributed by atoms with E-state index in [1.54, 1.807) is 18.5 Å². The second kappa shape index (κ2) is 10.5. The molecule has 4 N–H and O–H groups in total. The number of benzene rings is 1. The normalized spacial score (nSPS) is 17.5. The standard InChI is InChI=1S/C27H25F3N6O4/c1-40-19-12-15(25(37)34-20-13-17(7-8-32-20)27(28,29)30)5-6-18(19)21-22-23(31)33-9-10-36(22)24(35-21)14-3-2-4-16(11-14)26(38)39/h5-10,12-14,16H,2-4,11H2,1H3,(H2,31,33)(H,38,39)(H,32,34,37)/t14-,16+/m1/s1. The summed E-state index contributed by atoms with van der Waals surface area (Å²) in [4.78, 5) is 37.4. The molecule has 1 aromatic carbocycles. The molecular weight excluding hydrogens is 529 g/mol. The summed E-state index contributed by atoms with van der Waals surface area (Å²) in [5.41, 5.74) is 6.90. The van der Waals surface area contributed by atoms with E-state index in [1.165, 1.54) is 19.2 Å². The molecule has 3 aromatic heterocycles. The first kappa shape index (κ1) is 26.9. The number of carboxylic acids is 1. The van der Waals surface area contributed by atoms with E-state index in [0.29, 0.717) is 35.4 Å². The number of carbonyl (C=O) groups excluding carboxylic acids is 1. The number of imidazole rings is 1. The number of aliphatic carboxylic acids is 1. The second-order valence-electron chi connectivity index (χ2n) is 9.55. The maximum Gasteiger partial charge on any atom is 0.416 e. The van der Waals surface area contributed by atoms with Gasteiger partial charge in [-0.15, -0.1) is 0 Å². The number of carboxylic acid groups (broad SMARTS) is 1. The Kier molecular flexibility index (Phi) is 7.04. The van der Waals surface area contributed by atoms with Crippen molar-refractivity contribution in [1.82, 2.24) is 19.4 Å². The SMILES string of the molecule is COc1cc(C(=O)Nc2cc(C(F)(F)F)ccn2)ccc1-c1nc([C@@H]2CCC[C@H](C(=O)O)C2)n2ccnc(N)c12. The van der Waals surface area contributed by atoms with Crippen molar-refractivity contribution < 1.29 is 32.6 Å². The molecule has 0 bridgehead atoms. The van der Waals surface area contributed by atoms with Crippen LogP contribution in [0.1, 0.15) is 53.3 Å². The molecule has 208 valence electrons. The van der Waals surface area contributed by atoms with Gasteiger partial charge in [0, 0.05) is 35.6 Å². The van der Waals surface area contributed by atoms with Gasteiger partial charge in [-0.05, 0) is 49.6 Å². The van der Waals surface area contributed by atoms with Crippen molar-refractivity contribution in [2.45, 2.75) is 37.8 Å². The number of anilines is 2. The molecule has 4 aromatic rings. The molecular formula is C27H25F3N6O4.